The third kappa shape index (κ3) is 7.75. The molecule has 0 atom stereocenters. The molecule has 0 spiro atoms. The number of benzene rings is 2. The molecular weight excluding hydrogens is 515 g/mol. The number of hydrogen-bond acceptors (Lipinski definition) is 7. The topological polar surface area (TPSA) is 91.2 Å². The zero-order chi connectivity index (χ0) is 27.3. The lowest BCUT2D eigenvalue weighted by Crippen LogP contribution is -2.48. The lowest BCUT2D eigenvalue weighted by atomic mass is 10.0. The summed E-state index contributed by atoms with van der Waals surface area (Å²) in [6.07, 6.45) is -3.22. The minimum atomic E-state index is -4.82. The molecule has 2 fully saturated rings. The summed E-state index contributed by atoms with van der Waals surface area (Å²) in [6, 6.07) is 10.8. The number of hydrogen-bond donors (Lipinski definition) is 1. The van der Waals surface area contributed by atoms with Crippen LogP contribution in [0.2, 0.25) is 0 Å². The predicted molar refractivity (Wildman–Crippen MR) is 144 cm³/mol. The summed E-state index contributed by atoms with van der Waals surface area (Å²) in [5.74, 6) is 0.904. The Morgan fingerprint density at radius 2 is 1.77 bits per heavy atom. The normalized spacial score (nSPS) is 16.9. The fraction of sp³-hybridized carbons (Fsp3) is 0.519. The monoisotopic (exact) mass is 551 g/mol. The van der Waals surface area contributed by atoms with Gasteiger partial charge in [0.05, 0.1) is 12.0 Å². The number of likely N-dealkylation sites (tertiary alicyclic amines) is 1. The number of halogens is 3. The Labute approximate surface area is 226 Å². The van der Waals surface area contributed by atoms with Gasteiger partial charge >= 0.3 is 6.18 Å². The fourth-order valence-electron chi connectivity index (χ4n) is 4.97. The number of nitrogens with one attached hydrogen (secondary N) is 1. The van der Waals surface area contributed by atoms with Crippen LogP contribution in [0.3, 0.4) is 0 Å². The molecule has 4 rings (SSSR count). The number of nitro benzene ring substituents is 1. The van der Waals surface area contributed by atoms with Gasteiger partial charge in [0.1, 0.15) is 11.3 Å². The van der Waals surface area contributed by atoms with E-state index in [0.717, 1.165) is 49.7 Å². The molecule has 0 unspecified atom stereocenters. The minimum absolute atomic E-state index is 0. The lowest BCUT2D eigenvalue weighted by molar-refractivity contribution is -0.388. The van der Waals surface area contributed by atoms with Gasteiger partial charge in [0.15, 0.2) is 0 Å². The van der Waals surface area contributed by atoms with Crippen molar-refractivity contribution in [1.29, 1.82) is 0 Å². The molecule has 1 N–H and O–H groups in total. The maximum atomic E-state index is 13.3. The van der Waals surface area contributed by atoms with Crippen molar-refractivity contribution in [2.45, 2.75) is 38.9 Å². The van der Waals surface area contributed by atoms with Gasteiger partial charge in [0, 0.05) is 81.8 Å². The maximum absolute atomic E-state index is 13.3. The first kappa shape index (κ1) is 30.0. The van der Waals surface area contributed by atoms with E-state index in [4.69, 9.17) is 4.74 Å². The van der Waals surface area contributed by atoms with Crippen LogP contribution in [0.1, 0.15) is 32.3 Å². The van der Waals surface area contributed by atoms with E-state index in [2.05, 4.69) is 21.2 Å². The van der Waals surface area contributed by atoms with Gasteiger partial charge in [-0.2, -0.15) is 13.2 Å². The highest BCUT2D eigenvalue weighted by Gasteiger charge is 2.38. The highest BCUT2D eigenvalue weighted by molar-refractivity contribution is 5.76. The Bertz CT molecular complexity index is 1130. The molecule has 1 amide bonds. The molecule has 2 aliphatic rings. The van der Waals surface area contributed by atoms with E-state index >= 15 is 0 Å². The van der Waals surface area contributed by atoms with Gasteiger partial charge < -0.3 is 19.9 Å². The van der Waals surface area contributed by atoms with Crippen molar-refractivity contribution >= 4 is 23.0 Å². The smallest absolute Gasteiger partial charge is 0.423 e. The summed E-state index contributed by atoms with van der Waals surface area (Å²) >= 11 is 0. The van der Waals surface area contributed by atoms with E-state index in [1.165, 1.54) is 6.07 Å². The number of amides is 1. The van der Waals surface area contributed by atoms with Gasteiger partial charge in [0.25, 0.3) is 5.69 Å². The molecule has 2 aromatic rings. The number of carbonyl (C=O) groups excluding carboxylic acids is 1. The first-order chi connectivity index (χ1) is 18.1. The molecule has 2 aromatic carbocycles. The Balaban J connectivity index is 0.00000420. The summed E-state index contributed by atoms with van der Waals surface area (Å²) < 4.78 is 45.1. The van der Waals surface area contributed by atoms with Gasteiger partial charge in [-0.1, -0.05) is 13.5 Å². The number of carbonyl (C=O) groups is 1. The number of rotatable bonds is 8. The van der Waals surface area contributed by atoms with Crippen LogP contribution >= 0.6 is 0 Å². The molecule has 0 aromatic heterocycles. The Morgan fingerprint density at radius 1 is 1.08 bits per heavy atom. The third-order valence-electron chi connectivity index (χ3n) is 7.15. The Hall–Kier alpha value is -3.54. The standard InChI is InChI=1S/C26H32F3N5O4.CH4/c1-38-22-4-2-3-21(18-22)32-15-13-31(14-16-32)10-9-25(35)33-11-7-19(8-12-33)30-20-5-6-24(34(36)37)23(17-20)26(27,28)29;/h2-6,17-19,30H,7-16H2,1H3;1H4. The first-order valence-electron chi connectivity index (χ1n) is 12.7. The molecule has 0 bridgehead atoms. The molecule has 214 valence electrons. The quantitative estimate of drug-likeness (QED) is 0.370. The van der Waals surface area contributed by atoms with E-state index in [-0.39, 0.29) is 25.1 Å². The van der Waals surface area contributed by atoms with Crippen LogP contribution in [0.5, 0.6) is 5.75 Å². The van der Waals surface area contributed by atoms with Crippen molar-refractivity contribution in [3.05, 3.63) is 58.1 Å². The molecular formula is C27H36F3N5O4. The van der Waals surface area contributed by atoms with Crippen molar-refractivity contribution < 1.29 is 27.6 Å². The molecule has 39 heavy (non-hydrogen) atoms. The summed E-state index contributed by atoms with van der Waals surface area (Å²) in [7, 11) is 1.65. The van der Waals surface area contributed by atoms with Crippen LogP contribution in [0.4, 0.5) is 30.2 Å². The first-order valence-corrected chi connectivity index (χ1v) is 12.7. The molecule has 2 saturated heterocycles. The highest BCUT2D eigenvalue weighted by Crippen LogP contribution is 2.38. The summed E-state index contributed by atoms with van der Waals surface area (Å²) in [6.45, 7) is 5.19. The van der Waals surface area contributed by atoms with E-state index in [0.29, 0.717) is 38.9 Å². The van der Waals surface area contributed by atoms with Crippen LogP contribution in [0, 0.1) is 10.1 Å². The maximum Gasteiger partial charge on any atom is 0.423 e. The van der Waals surface area contributed by atoms with E-state index < -0.39 is 22.4 Å². The minimum Gasteiger partial charge on any atom is -0.497 e. The average Bonchev–Trinajstić information content (AvgIpc) is 2.92. The second kappa shape index (κ2) is 13.0. The van der Waals surface area contributed by atoms with Crippen LogP contribution in [0.25, 0.3) is 0 Å². The second-order valence-electron chi connectivity index (χ2n) is 9.57. The molecule has 9 nitrogen and oxygen atoms in total. The second-order valence-corrected chi connectivity index (χ2v) is 9.57. The van der Waals surface area contributed by atoms with E-state index in [9.17, 15) is 28.1 Å². The van der Waals surface area contributed by atoms with Gasteiger partial charge in [0.2, 0.25) is 5.91 Å². The zero-order valence-electron chi connectivity index (χ0n) is 21.2. The molecule has 2 aliphatic heterocycles. The zero-order valence-corrected chi connectivity index (χ0v) is 21.2. The largest absolute Gasteiger partial charge is 0.497 e. The molecule has 2 heterocycles. The SMILES string of the molecule is C.COc1cccc(N2CCN(CCC(=O)N3CCC(Nc4ccc([N+](=O)[O-])c(C(F)(F)F)c4)CC3)CC2)c1. The van der Waals surface area contributed by atoms with Crippen LogP contribution in [0.15, 0.2) is 42.5 Å². The van der Waals surface area contributed by atoms with Crippen molar-refractivity contribution in [3.63, 3.8) is 0 Å². The van der Waals surface area contributed by atoms with Gasteiger partial charge in [-0.05, 0) is 37.1 Å². The van der Waals surface area contributed by atoms with Crippen LogP contribution in [-0.2, 0) is 11.0 Å². The van der Waals surface area contributed by atoms with Crippen molar-refractivity contribution in [3.8, 4) is 5.75 Å². The number of nitro groups is 1. The van der Waals surface area contributed by atoms with Gasteiger partial charge in [-0.25, -0.2) is 0 Å². The number of nitrogens with zero attached hydrogens (tertiary/aromatic N) is 4. The van der Waals surface area contributed by atoms with Crippen LogP contribution < -0.4 is 15.0 Å². The van der Waals surface area contributed by atoms with Crippen LogP contribution in [-0.4, -0.2) is 79.6 Å². The summed E-state index contributed by atoms with van der Waals surface area (Å²) in [4.78, 5) is 29.1. The summed E-state index contributed by atoms with van der Waals surface area (Å²) in [5, 5.41) is 14.0. The molecule has 12 heteroatoms. The van der Waals surface area contributed by atoms with E-state index in [1.807, 2.05) is 23.1 Å². The molecule has 0 saturated carbocycles. The number of anilines is 2. The fourth-order valence-corrected chi connectivity index (χ4v) is 4.97. The van der Waals surface area contributed by atoms with Crippen molar-refractivity contribution in [2.24, 2.45) is 0 Å². The average molecular weight is 552 g/mol. The van der Waals surface area contributed by atoms with Gasteiger partial charge in [-0.15, -0.1) is 0 Å². The van der Waals surface area contributed by atoms with E-state index in [1.54, 1.807) is 7.11 Å². The third-order valence-corrected chi connectivity index (χ3v) is 7.15. The Kier molecular flexibility index (Phi) is 10.0. The number of piperidine rings is 1. The highest BCUT2D eigenvalue weighted by atomic mass is 19.4. The molecule has 0 aliphatic carbocycles. The Morgan fingerprint density at radius 3 is 2.38 bits per heavy atom. The van der Waals surface area contributed by atoms with Crippen molar-refractivity contribution in [2.75, 3.05) is 63.1 Å². The number of alkyl halides is 3. The predicted octanol–water partition coefficient (Wildman–Crippen LogP) is 4.87. The van der Waals surface area contributed by atoms with Crippen molar-refractivity contribution in [1.82, 2.24) is 9.80 Å². The number of piperazine rings is 1. The van der Waals surface area contributed by atoms with Gasteiger partial charge in [-0.3, -0.25) is 19.8 Å². The number of methoxy groups -OCH3 is 1. The number of ether oxygens (including phenoxy) is 1. The summed E-state index contributed by atoms with van der Waals surface area (Å²) in [5.41, 5.74) is -0.935. The molecule has 0 radical (unpaired) electrons. The lowest BCUT2D eigenvalue weighted by Gasteiger charge is -2.37.